The van der Waals surface area contributed by atoms with Crippen molar-refractivity contribution in [3.63, 3.8) is 0 Å². The normalized spacial score (nSPS) is 11.5. The summed E-state index contributed by atoms with van der Waals surface area (Å²) in [6.07, 6.45) is 0.597. The number of urea groups is 1. The second kappa shape index (κ2) is 6.05. The van der Waals surface area contributed by atoms with Crippen molar-refractivity contribution in [1.82, 2.24) is 5.32 Å². The van der Waals surface area contributed by atoms with Gasteiger partial charge in [-0.2, -0.15) is 0 Å². The van der Waals surface area contributed by atoms with Gasteiger partial charge in [0.05, 0.1) is 11.5 Å². The molecule has 0 bridgehead atoms. The molecule has 0 spiro atoms. The van der Waals surface area contributed by atoms with Gasteiger partial charge in [-0.25, -0.2) is 4.79 Å². The van der Waals surface area contributed by atoms with Gasteiger partial charge in [0.1, 0.15) is 0 Å². The van der Waals surface area contributed by atoms with E-state index < -0.39 is 4.92 Å². The second-order valence-electron chi connectivity index (χ2n) is 5.25. The van der Waals surface area contributed by atoms with Gasteiger partial charge >= 0.3 is 6.03 Å². The lowest BCUT2D eigenvalue weighted by atomic mass is 10.1. The first-order valence-electron chi connectivity index (χ1n) is 7.15. The fraction of sp³-hybridized carbons (Fsp3) is 0.188. The molecule has 2 amide bonds. The molecule has 2 aromatic carbocycles. The number of aliphatic hydroxyl groups is 1. The van der Waals surface area contributed by atoms with Gasteiger partial charge in [-0.3, -0.25) is 10.1 Å². The summed E-state index contributed by atoms with van der Waals surface area (Å²) < 4.78 is 0. The van der Waals surface area contributed by atoms with Gasteiger partial charge in [-0.05, 0) is 46.9 Å². The molecule has 0 atom stereocenters. The van der Waals surface area contributed by atoms with Gasteiger partial charge in [0.15, 0.2) is 0 Å². The van der Waals surface area contributed by atoms with E-state index in [9.17, 15) is 14.9 Å². The van der Waals surface area contributed by atoms with Gasteiger partial charge in [-0.1, -0.05) is 6.07 Å². The molecular weight excluding hydrogens is 298 g/mol. The maximum Gasteiger partial charge on any atom is 0.319 e. The fourth-order valence-electron chi connectivity index (χ4n) is 2.73. The molecule has 0 saturated heterocycles. The first kappa shape index (κ1) is 15.0. The summed E-state index contributed by atoms with van der Waals surface area (Å²) in [5, 5.41) is 24.8. The molecule has 2 aromatic rings. The van der Waals surface area contributed by atoms with Crippen LogP contribution in [0.25, 0.3) is 11.1 Å². The van der Waals surface area contributed by atoms with Crippen LogP contribution in [0.1, 0.15) is 11.1 Å². The zero-order valence-electron chi connectivity index (χ0n) is 12.2. The van der Waals surface area contributed by atoms with Crippen LogP contribution in [0.4, 0.5) is 16.2 Å². The van der Waals surface area contributed by atoms with Crippen LogP contribution in [0.2, 0.25) is 0 Å². The van der Waals surface area contributed by atoms with Gasteiger partial charge in [0.2, 0.25) is 0 Å². The summed E-state index contributed by atoms with van der Waals surface area (Å²) in [6, 6.07) is 10.0. The van der Waals surface area contributed by atoms with Crippen molar-refractivity contribution in [3.8, 4) is 11.1 Å². The predicted octanol–water partition coefficient (Wildman–Crippen LogP) is 2.28. The lowest BCUT2D eigenvalue weighted by Crippen LogP contribution is -2.30. The number of fused-ring (bicyclic) bond motifs is 3. The smallest absolute Gasteiger partial charge is 0.319 e. The number of anilines is 1. The van der Waals surface area contributed by atoms with E-state index in [1.54, 1.807) is 18.2 Å². The molecule has 0 heterocycles. The first-order valence-corrected chi connectivity index (χ1v) is 7.15. The third-order valence-electron chi connectivity index (χ3n) is 3.73. The Labute approximate surface area is 132 Å². The number of hydrogen-bond donors (Lipinski definition) is 3. The van der Waals surface area contributed by atoms with Gasteiger partial charge in [0, 0.05) is 24.4 Å². The molecular formula is C16H15N3O4. The standard InChI is InChI=1S/C16H15N3O4/c20-6-5-17-16(21)18-12-1-3-14-10(8-12)7-11-9-13(19(22)23)2-4-15(11)14/h1-4,8-9,20H,5-7H2,(H2,17,18,21). The highest BCUT2D eigenvalue weighted by atomic mass is 16.6. The molecule has 0 fully saturated rings. The van der Waals surface area contributed by atoms with E-state index in [1.807, 2.05) is 12.1 Å². The number of aliphatic hydroxyl groups excluding tert-OH is 1. The second-order valence-corrected chi connectivity index (χ2v) is 5.25. The predicted molar refractivity (Wildman–Crippen MR) is 85.4 cm³/mol. The number of hydrogen-bond acceptors (Lipinski definition) is 4. The molecule has 0 unspecified atom stereocenters. The Morgan fingerprint density at radius 2 is 1.87 bits per heavy atom. The minimum absolute atomic E-state index is 0.0817. The number of amides is 2. The van der Waals surface area contributed by atoms with Crippen molar-refractivity contribution < 1.29 is 14.8 Å². The average molecular weight is 313 g/mol. The number of benzene rings is 2. The summed E-state index contributed by atoms with van der Waals surface area (Å²) >= 11 is 0. The number of carbonyl (C=O) groups excluding carboxylic acids is 1. The molecule has 7 heteroatoms. The molecule has 23 heavy (non-hydrogen) atoms. The Balaban J connectivity index is 1.82. The number of nitrogens with zero attached hydrogens (tertiary/aromatic N) is 1. The Hall–Kier alpha value is -2.93. The van der Waals surface area contributed by atoms with E-state index in [0.717, 1.165) is 22.3 Å². The highest BCUT2D eigenvalue weighted by Crippen LogP contribution is 2.39. The maximum atomic E-state index is 11.6. The third-order valence-corrected chi connectivity index (χ3v) is 3.73. The Kier molecular flexibility index (Phi) is 3.94. The van der Waals surface area contributed by atoms with Gasteiger partial charge < -0.3 is 15.7 Å². The average Bonchev–Trinajstić information content (AvgIpc) is 2.89. The highest BCUT2D eigenvalue weighted by Gasteiger charge is 2.21. The monoisotopic (exact) mass is 313 g/mol. The van der Waals surface area contributed by atoms with Crippen molar-refractivity contribution >= 4 is 17.4 Å². The van der Waals surface area contributed by atoms with Crippen LogP contribution in [0, 0.1) is 10.1 Å². The van der Waals surface area contributed by atoms with Crippen LogP contribution in [0.15, 0.2) is 36.4 Å². The van der Waals surface area contributed by atoms with Gasteiger partial charge in [0.25, 0.3) is 5.69 Å². The Bertz CT molecular complexity index is 789. The number of carbonyl (C=O) groups is 1. The number of rotatable bonds is 4. The zero-order chi connectivity index (χ0) is 16.4. The SMILES string of the molecule is O=C(NCCO)Nc1ccc2c(c1)Cc1cc([N+](=O)[O-])ccc1-2. The lowest BCUT2D eigenvalue weighted by Gasteiger charge is -2.08. The van der Waals surface area contributed by atoms with E-state index in [4.69, 9.17) is 5.11 Å². The zero-order valence-corrected chi connectivity index (χ0v) is 12.2. The van der Waals surface area contributed by atoms with Crippen molar-refractivity contribution in [2.45, 2.75) is 6.42 Å². The molecule has 1 aliphatic carbocycles. The molecule has 118 valence electrons. The number of nitro benzene ring substituents is 1. The summed E-state index contributed by atoms with van der Waals surface area (Å²) in [7, 11) is 0. The third kappa shape index (κ3) is 3.00. The molecule has 3 N–H and O–H groups in total. The Morgan fingerprint density at radius 3 is 2.57 bits per heavy atom. The quantitative estimate of drug-likeness (QED) is 0.507. The van der Waals surface area contributed by atoms with Crippen molar-refractivity contribution in [2.75, 3.05) is 18.5 Å². The summed E-state index contributed by atoms with van der Waals surface area (Å²) in [5.74, 6) is 0. The van der Waals surface area contributed by atoms with Crippen LogP contribution >= 0.6 is 0 Å². The topological polar surface area (TPSA) is 104 Å². The summed E-state index contributed by atoms with van der Waals surface area (Å²) in [6.45, 7) is 0.0670. The molecule has 3 rings (SSSR count). The minimum atomic E-state index is -0.401. The molecule has 1 aliphatic rings. The highest BCUT2D eigenvalue weighted by molar-refractivity contribution is 5.90. The van der Waals surface area contributed by atoms with Crippen LogP contribution in [-0.2, 0) is 6.42 Å². The van der Waals surface area contributed by atoms with Crippen molar-refractivity contribution in [1.29, 1.82) is 0 Å². The molecule has 0 radical (unpaired) electrons. The lowest BCUT2D eigenvalue weighted by molar-refractivity contribution is -0.384. The molecule has 7 nitrogen and oxygen atoms in total. The van der Waals surface area contributed by atoms with E-state index in [2.05, 4.69) is 10.6 Å². The molecule has 0 aliphatic heterocycles. The van der Waals surface area contributed by atoms with E-state index in [0.29, 0.717) is 12.1 Å². The van der Waals surface area contributed by atoms with Crippen LogP contribution in [0.3, 0.4) is 0 Å². The maximum absolute atomic E-state index is 11.6. The number of nitrogens with one attached hydrogen (secondary N) is 2. The van der Waals surface area contributed by atoms with Crippen LogP contribution in [0.5, 0.6) is 0 Å². The molecule has 0 saturated carbocycles. The van der Waals surface area contributed by atoms with Crippen LogP contribution in [-0.4, -0.2) is 29.2 Å². The Morgan fingerprint density at radius 1 is 1.17 bits per heavy atom. The van der Waals surface area contributed by atoms with E-state index >= 15 is 0 Å². The number of non-ortho nitro benzene ring substituents is 1. The minimum Gasteiger partial charge on any atom is -0.395 e. The fourth-order valence-corrected chi connectivity index (χ4v) is 2.73. The van der Waals surface area contributed by atoms with E-state index in [1.165, 1.54) is 6.07 Å². The summed E-state index contributed by atoms with van der Waals surface area (Å²) in [4.78, 5) is 22.1. The first-order chi connectivity index (χ1) is 11.1. The van der Waals surface area contributed by atoms with Crippen LogP contribution < -0.4 is 10.6 Å². The largest absolute Gasteiger partial charge is 0.395 e. The van der Waals surface area contributed by atoms with Gasteiger partial charge in [-0.15, -0.1) is 0 Å². The summed E-state index contributed by atoms with van der Waals surface area (Å²) in [5.41, 5.74) is 4.66. The molecule has 0 aromatic heterocycles. The number of nitro groups is 1. The van der Waals surface area contributed by atoms with Crippen molar-refractivity contribution in [3.05, 3.63) is 57.6 Å². The van der Waals surface area contributed by atoms with E-state index in [-0.39, 0.29) is 24.9 Å². The van der Waals surface area contributed by atoms with Crippen molar-refractivity contribution in [2.24, 2.45) is 0 Å².